The molecule has 1 aromatic carbocycles. The third kappa shape index (κ3) is 13.2. The third-order valence-corrected chi connectivity index (χ3v) is 6.54. The number of hydrogen-bond donors (Lipinski definition) is 8. The Morgan fingerprint density at radius 3 is 1.70 bits per heavy atom. The first kappa shape index (κ1) is 37.5. The van der Waals surface area contributed by atoms with Crippen molar-refractivity contribution >= 4 is 41.4 Å². The van der Waals surface area contributed by atoms with E-state index in [9.17, 15) is 38.7 Å². The standard InChI is InChI=1S/C29H45N7O8/c1-15(2)23(28(43)32-14-21(31)37)36-29(44)24(16(3)4)35-26(41)19(11-12-22(38)39)33-27(42)20(34-25(40)17(5)30)13-18-9-7-6-8-10-18/h6-10,15-17,19-20,23-24H,11-14,30H2,1-5H3,(H2,31,37)(H,32,43)(H,33,42)(H,34,40)(H,35,41)(H,36,44)(H,38,39)/t17-,19-,20-,23-,24-/m0/s1. The number of benzene rings is 1. The zero-order chi connectivity index (χ0) is 33.6. The molecule has 0 aliphatic carbocycles. The predicted molar refractivity (Wildman–Crippen MR) is 160 cm³/mol. The minimum absolute atomic E-state index is 0.0594. The molecule has 6 amide bonds. The van der Waals surface area contributed by atoms with Crippen molar-refractivity contribution in [3.63, 3.8) is 0 Å². The fourth-order valence-corrected chi connectivity index (χ4v) is 4.02. The van der Waals surface area contributed by atoms with Crippen LogP contribution in [-0.2, 0) is 40.0 Å². The summed E-state index contributed by atoms with van der Waals surface area (Å²) in [6.07, 6.45) is -0.742. The van der Waals surface area contributed by atoms with Crippen LogP contribution in [0.2, 0.25) is 0 Å². The number of aliphatic carboxylic acids is 1. The summed E-state index contributed by atoms with van der Waals surface area (Å²) in [5.41, 5.74) is 11.5. The molecule has 0 fully saturated rings. The van der Waals surface area contributed by atoms with Crippen molar-refractivity contribution in [2.75, 3.05) is 6.54 Å². The first-order valence-corrected chi connectivity index (χ1v) is 14.3. The van der Waals surface area contributed by atoms with Gasteiger partial charge < -0.3 is 43.2 Å². The minimum atomic E-state index is -1.39. The quantitative estimate of drug-likeness (QED) is 0.0930. The topological polar surface area (TPSA) is 252 Å². The summed E-state index contributed by atoms with van der Waals surface area (Å²) < 4.78 is 0. The van der Waals surface area contributed by atoms with E-state index in [4.69, 9.17) is 11.5 Å². The highest BCUT2D eigenvalue weighted by molar-refractivity contribution is 5.96. The van der Waals surface area contributed by atoms with Crippen LogP contribution in [0.5, 0.6) is 0 Å². The fraction of sp³-hybridized carbons (Fsp3) is 0.552. The number of carboxylic acids is 1. The van der Waals surface area contributed by atoms with Gasteiger partial charge in [0.25, 0.3) is 0 Å². The Labute approximate surface area is 256 Å². The van der Waals surface area contributed by atoms with Gasteiger partial charge in [0.2, 0.25) is 35.4 Å². The second kappa shape index (κ2) is 18.2. The molecular formula is C29H45N7O8. The number of nitrogens with one attached hydrogen (secondary N) is 5. The molecule has 1 aromatic rings. The van der Waals surface area contributed by atoms with E-state index in [1.807, 2.05) is 0 Å². The van der Waals surface area contributed by atoms with Gasteiger partial charge in [0.1, 0.15) is 24.2 Å². The van der Waals surface area contributed by atoms with Gasteiger partial charge in [0.15, 0.2) is 0 Å². The molecule has 0 unspecified atom stereocenters. The van der Waals surface area contributed by atoms with Crippen LogP contribution in [0.1, 0.15) is 53.0 Å². The summed E-state index contributed by atoms with van der Waals surface area (Å²) in [7, 11) is 0. The molecule has 5 atom stereocenters. The molecule has 244 valence electrons. The first-order valence-electron chi connectivity index (χ1n) is 14.3. The van der Waals surface area contributed by atoms with Gasteiger partial charge in [-0.15, -0.1) is 0 Å². The molecule has 44 heavy (non-hydrogen) atoms. The van der Waals surface area contributed by atoms with Crippen molar-refractivity contribution < 1.29 is 38.7 Å². The molecule has 15 heteroatoms. The third-order valence-electron chi connectivity index (χ3n) is 6.54. The van der Waals surface area contributed by atoms with E-state index >= 15 is 0 Å². The van der Waals surface area contributed by atoms with E-state index in [1.54, 1.807) is 58.0 Å². The van der Waals surface area contributed by atoms with E-state index in [0.29, 0.717) is 5.56 Å². The molecule has 0 aromatic heterocycles. The van der Waals surface area contributed by atoms with Crippen molar-refractivity contribution in [1.82, 2.24) is 26.6 Å². The lowest BCUT2D eigenvalue weighted by atomic mass is 9.99. The second-order valence-electron chi connectivity index (χ2n) is 11.2. The van der Waals surface area contributed by atoms with Crippen LogP contribution in [0.4, 0.5) is 0 Å². The maximum atomic E-state index is 13.4. The lowest BCUT2D eigenvalue weighted by molar-refractivity contribution is -0.138. The van der Waals surface area contributed by atoms with Crippen molar-refractivity contribution in [1.29, 1.82) is 0 Å². The lowest BCUT2D eigenvalue weighted by Crippen LogP contribution is -2.60. The van der Waals surface area contributed by atoms with Gasteiger partial charge in [-0.2, -0.15) is 0 Å². The molecule has 0 aliphatic heterocycles. The molecule has 0 spiro atoms. The maximum Gasteiger partial charge on any atom is 0.303 e. The van der Waals surface area contributed by atoms with E-state index in [2.05, 4.69) is 26.6 Å². The van der Waals surface area contributed by atoms with Gasteiger partial charge in [0, 0.05) is 12.8 Å². The molecule has 0 saturated carbocycles. The summed E-state index contributed by atoms with van der Waals surface area (Å²) in [4.78, 5) is 87.4. The Hall–Kier alpha value is -4.53. The van der Waals surface area contributed by atoms with Gasteiger partial charge in [-0.05, 0) is 30.7 Å². The molecule has 1 rings (SSSR count). The Morgan fingerprint density at radius 1 is 0.705 bits per heavy atom. The molecule has 0 aliphatic rings. The van der Waals surface area contributed by atoms with Gasteiger partial charge >= 0.3 is 5.97 Å². The first-order chi connectivity index (χ1) is 20.5. The molecule has 0 saturated heterocycles. The van der Waals surface area contributed by atoms with Crippen molar-refractivity contribution in [2.24, 2.45) is 23.3 Å². The van der Waals surface area contributed by atoms with E-state index in [0.717, 1.165) is 0 Å². The summed E-state index contributed by atoms with van der Waals surface area (Å²) >= 11 is 0. The van der Waals surface area contributed by atoms with E-state index < -0.39 is 96.4 Å². The summed E-state index contributed by atoms with van der Waals surface area (Å²) in [5, 5.41) is 21.8. The average Bonchev–Trinajstić information content (AvgIpc) is 2.94. The van der Waals surface area contributed by atoms with Crippen molar-refractivity contribution in [3.8, 4) is 0 Å². The smallest absolute Gasteiger partial charge is 0.303 e. The Balaban J connectivity index is 3.19. The number of carboxylic acid groups (broad SMARTS) is 1. The summed E-state index contributed by atoms with van der Waals surface area (Å²) in [6, 6.07) is 3.07. The second-order valence-corrected chi connectivity index (χ2v) is 11.2. The number of rotatable bonds is 18. The van der Waals surface area contributed by atoms with Crippen LogP contribution in [0.15, 0.2) is 30.3 Å². The molecule has 15 nitrogen and oxygen atoms in total. The van der Waals surface area contributed by atoms with Crippen LogP contribution in [0.25, 0.3) is 0 Å². The SMILES string of the molecule is CC(C)[C@H](NC(=O)[C@H](CCC(=O)O)NC(=O)[C@H](Cc1ccccc1)NC(=O)[C@H](C)N)C(=O)N[C@H](C(=O)NCC(N)=O)C(C)C. The van der Waals surface area contributed by atoms with Gasteiger partial charge in [-0.3, -0.25) is 33.6 Å². The average molecular weight is 620 g/mol. The Bertz CT molecular complexity index is 1170. The van der Waals surface area contributed by atoms with Gasteiger partial charge in [-0.1, -0.05) is 58.0 Å². The normalized spacial score (nSPS) is 14.4. The molecule has 0 bridgehead atoms. The highest BCUT2D eigenvalue weighted by atomic mass is 16.4. The fourth-order valence-electron chi connectivity index (χ4n) is 4.02. The van der Waals surface area contributed by atoms with Crippen LogP contribution < -0.4 is 38.1 Å². The van der Waals surface area contributed by atoms with E-state index in [1.165, 1.54) is 6.92 Å². The molecule has 0 radical (unpaired) electrons. The number of hydrogen-bond acceptors (Lipinski definition) is 8. The number of carbonyl (C=O) groups excluding carboxylic acids is 6. The number of carbonyl (C=O) groups is 7. The zero-order valence-electron chi connectivity index (χ0n) is 25.7. The number of nitrogens with two attached hydrogens (primary N) is 2. The Morgan fingerprint density at radius 2 is 1.20 bits per heavy atom. The molecule has 0 heterocycles. The van der Waals surface area contributed by atoms with E-state index in [-0.39, 0.29) is 12.8 Å². The van der Waals surface area contributed by atoms with Crippen LogP contribution in [0.3, 0.4) is 0 Å². The molecular weight excluding hydrogens is 574 g/mol. The highest BCUT2D eigenvalue weighted by Gasteiger charge is 2.34. The lowest BCUT2D eigenvalue weighted by Gasteiger charge is -2.29. The predicted octanol–water partition coefficient (Wildman–Crippen LogP) is -1.71. The maximum absolute atomic E-state index is 13.4. The largest absolute Gasteiger partial charge is 0.481 e. The Kier molecular flexibility index (Phi) is 15.5. The summed E-state index contributed by atoms with van der Waals surface area (Å²) in [6.45, 7) is 7.65. The van der Waals surface area contributed by atoms with Gasteiger partial charge in [0.05, 0.1) is 12.6 Å². The molecule has 10 N–H and O–H groups in total. The minimum Gasteiger partial charge on any atom is -0.481 e. The monoisotopic (exact) mass is 619 g/mol. The van der Waals surface area contributed by atoms with Crippen molar-refractivity contribution in [3.05, 3.63) is 35.9 Å². The highest BCUT2D eigenvalue weighted by Crippen LogP contribution is 2.10. The van der Waals surface area contributed by atoms with Crippen LogP contribution >= 0.6 is 0 Å². The number of primary amides is 1. The zero-order valence-corrected chi connectivity index (χ0v) is 25.7. The van der Waals surface area contributed by atoms with Crippen LogP contribution in [-0.4, -0.2) is 83.3 Å². The summed E-state index contributed by atoms with van der Waals surface area (Å²) in [5.74, 6) is -6.45. The van der Waals surface area contributed by atoms with Crippen LogP contribution in [0, 0.1) is 11.8 Å². The van der Waals surface area contributed by atoms with Crippen molar-refractivity contribution in [2.45, 2.75) is 84.1 Å². The van der Waals surface area contributed by atoms with Gasteiger partial charge in [-0.25, -0.2) is 0 Å². The number of amides is 6.